The molecule has 1 aromatic carbocycles. The SMILES string of the molecule is C#CCC(CC)NC(=O)c1ccccc1NCC. The van der Waals surface area contributed by atoms with E-state index in [2.05, 4.69) is 16.6 Å². The molecule has 0 spiro atoms. The second kappa shape index (κ2) is 7.39. The van der Waals surface area contributed by atoms with Crippen molar-refractivity contribution in [2.75, 3.05) is 11.9 Å². The number of anilines is 1. The molecule has 1 rings (SSSR count). The van der Waals surface area contributed by atoms with E-state index in [1.54, 1.807) is 0 Å². The number of benzene rings is 1. The quantitative estimate of drug-likeness (QED) is 0.755. The van der Waals surface area contributed by atoms with E-state index in [0.717, 1.165) is 18.7 Å². The number of nitrogens with one attached hydrogen (secondary N) is 2. The zero-order valence-corrected chi connectivity index (χ0v) is 11.0. The third kappa shape index (κ3) is 3.81. The van der Waals surface area contributed by atoms with Gasteiger partial charge in [0.2, 0.25) is 0 Å². The summed E-state index contributed by atoms with van der Waals surface area (Å²) in [5.74, 6) is 2.51. The summed E-state index contributed by atoms with van der Waals surface area (Å²) < 4.78 is 0. The molecule has 0 heterocycles. The van der Waals surface area contributed by atoms with Crippen molar-refractivity contribution in [1.82, 2.24) is 5.32 Å². The van der Waals surface area contributed by atoms with Crippen LogP contribution in [0.2, 0.25) is 0 Å². The Balaban J connectivity index is 2.80. The molecule has 0 aliphatic carbocycles. The largest absolute Gasteiger partial charge is 0.385 e. The maximum atomic E-state index is 12.2. The Labute approximate surface area is 109 Å². The number of carbonyl (C=O) groups excluding carboxylic acids is 1. The molecule has 96 valence electrons. The Kier molecular flexibility index (Phi) is 5.79. The summed E-state index contributed by atoms with van der Waals surface area (Å²) in [6, 6.07) is 7.53. The Bertz CT molecular complexity index is 434. The van der Waals surface area contributed by atoms with Crippen LogP contribution in [0, 0.1) is 12.3 Å². The molecule has 0 fully saturated rings. The van der Waals surface area contributed by atoms with Crippen LogP contribution in [0.1, 0.15) is 37.0 Å². The van der Waals surface area contributed by atoms with E-state index < -0.39 is 0 Å². The van der Waals surface area contributed by atoms with Crippen LogP contribution in [-0.4, -0.2) is 18.5 Å². The lowest BCUT2D eigenvalue weighted by molar-refractivity contribution is 0.0937. The zero-order chi connectivity index (χ0) is 13.4. The standard InChI is InChI=1S/C15H20N2O/c1-4-9-12(5-2)17-15(18)13-10-7-8-11-14(13)16-6-3/h1,7-8,10-12,16H,5-6,9H2,2-3H3,(H,17,18). The van der Waals surface area contributed by atoms with Crippen molar-refractivity contribution in [3.05, 3.63) is 29.8 Å². The van der Waals surface area contributed by atoms with Crippen LogP contribution < -0.4 is 10.6 Å². The second-order valence-corrected chi connectivity index (χ2v) is 4.06. The smallest absolute Gasteiger partial charge is 0.253 e. The predicted octanol–water partition coefficient (Wildman–Crippen LogP) is 2.65. The lowest BCUT2D eigenvalue weighted by atomic mass is 10.1. The van der Waals surface area contributed by atoms with E-state index in [4.69, 9.17) is 6.42 Å². The van der Waals surface area contributed by atoms with Crippen molar-refractivity contribution in [3.8, 4) is 12.3 Å². The molecule has 0 bridgehead atoms. The highest BCUT2D eigenvalue weighted by molar-refractivity contribution is 5.99. The van der Waals surface area contributed by atoms with Gasteiger partial charge in [0.05, 0.1) is 5.56 Å². The lowest BCUT2D eigenvalue weighted by Crippen LogP contribution is -2.34. The van der Waals surface area contributed by atoms with Gasteiger partial charge in [-0.05, 0) is 25.5 Å². The maximum Gasteiger partial charge on any atom is 0.253 e. The van der Waals surface area contributed by atoms with Crippen molar-refractivity contribution in [3.63, 3.8) is 0 Å². The fourth-order valence-electron chi connectivity index (χ4n) is 1.73. The van der Waals surface area contributed by atoms with Crippen molar-refractivity contribution < 1.29 is 4.79 Å². The van der Waals surface area contributed by atoms with E-state index in [1.165, 1.54) is 0 Å². The number of para-hydroxylation sites is 1. The van der Waals surface area contributed by atoms with Crippen LogP contribution in [0.4, 0.5) is 5.69 Å². The molecule has 1 atom stereocenters. The lowest BCUT2D eigenvalue weighted by Gasteiger charge is -2.16. The van der Waals surface area contributed by atoms with E-state index in [9.17, 15) is 4.79 Å². The molecule has 0 aliphatic rings. The van der Waals surface area contributed by atoms with E-state index >= 15 is 0 Å². The third-order valence-corrected chi connectivity index (χ3v) is 2.73. The average Bonchev–Trinajstić information content (AvgIpc) is 2.39. The van der Waals surface area contributed by atoms with Crippen molar-refractivity contribution >= 4 is 11.6 Å². The van der Waals surface area contributed by atoms with Crippen molar-refractivity contribution in [2.45, 2.75) is 32.7 Å². The first-order valence-corrected chi connectivity index (χ1v) is 6.30. The van der Waals surface area contributed by atoms with Crippen LogP contribution in [0.25, 0.3) is 0 Å². The van der Waals surface area contributed by atoms with Crippen LogP contribution >= 0.6 is 0 Å². The summed E-state index contributed by atoms with van der Waals surface area (Å²) in [6.07, 6.45) is 6.68. The first-order valence-electron chi connectivity index (χ1n) is 6.30. The van der Waals surface area contributed by atoms with Gasteiger partial charge in [0, 0.05) is 24.7 Å². The first-order chi connectivity index (χ1) is 8.72. The van der Waals surface area contributed by atoms with Crippen LogP contribution in [0.3, 0.4) is 0 Å². The van der Waals surface area contributed by atoms with E-state index in [-0.39, 0.29) is 11.9 Å². The van der Waals surface area contributed by atoms with Crippen molar-refractivity contribution in [2.24, 2.45) is 0 Å². The molecule has 0 saturated heterocycles. The average molecular weight is 244 g/mol. The van der Waals surface area contributed by atoms with Crippen LogP contribution in [0.15, 0.2) is 24.3 Å². The van der Waals surface area contributed by atoms with Gasteiger partial charge in [-0.25, -0.2) is 0 Å². The molecule has 0 aromatic heterocycles. The van der Waals surface area contributed by atoms with Gasteiger partial charge in [-0.15, -0.1) is 12.3 Å². The van der Waals surface area contributed by atoms with Gasteiger partial charge in [0.25, 0.3) is 5.91 Å². The van der Waals surface area contributed by atoms with Crippen molar-refractivity contribution in [1.29, 1.82) is 0 Å². The second-order valence-electron chi connectivity index (χ2n) is 4.06. The first kappa shape index (κ1) is 14.1. The number of amides is 1. The molecule has 3 nitrogen and oxygen atoms in total. The summed E-state index contributed by atoms with van der Waals surface area (Å²) >= 11 is 0. The van der Waals surface area contributed by atoms with Gasteiger partial charge >= 0.3 is 0 Å². The van der Waals surface area contributed by atoms with Crippen LogP contribution in [0.5, 0.6) is 0 Å². The Morgan fingerprint density at radius 3 is 2.72 bits per heavy atom. The highest BCUT2D eigenvalue weighted by atomic mass is 16.1. The Morgan fingerprint density at radius 1 is 1.39 bits per heavy atom. The molecule has 3 heteroatoms. The summed E-state index contributed by atoms with van der Waals surface area (Å²) in [4.78, 5) is 12.2. The van der Waals surface area contributed by atoms with E-state index in [0.29, 0.717) is 12.0 Å². The van der Waals surface area contributed by atoms with Gasteiger partial charge < -0.3 is 10.6 Å². The number of hydrogen-bond acceptors (Lipinski definition) is 2. The third-order valence-electron chi connectivity index (χ3n) is 2.73. The topological polar surface area (TPSA) is 41.1 Å². The number of carbonyl (C=O) groups is 1. The van der Waals surface area contributed by atoms with Gasteiger partial charge in [0.1, 0.15) is 0 Å². The maximum absolute atomic E-state index is 12.2. The summed E-state index contributed by atoms with van der Waals surface area (Å²) in [7, 11) is 0. The predicted molar refractivity (Wildman–Crippen MR) is 75.6 cm³/mol. The molecule has 0 saturated carbocycles. The molecule has 1 amide bonds. The normalized spacial score (nSPS) is 11.4. The number of terminal acetylenes is 1. The highest BCUT2D eigenvalue weighted by Gasteiger charge is 2.13. The summed E-state index contributed by atoms with van der Waals surface area (Å²) in [5, 5.41) is 6.14. The molecule has 1 aromatic rings. The fraction of sp³-hybridized carbons (Fsp3) is 0.400. The van der Waals surface area contributed by atoms with Gasteiger partial charge in [-0.1, -0.05) is 19.1 Å². The molecule has 1 unspecified atom stereocenters. The zero-order valence-electron chi connectivity index (χ0n) is 11.0. The van der Waals surface area contributed by atoms with Gasteiger partial charge in [-0.2, -0.15) is 0 Å². The number of rotatable bonds is 6. The molecule has 2 N–H and O–H groups in total. The summed E-state index contributed by atoms with van der Waals surface area (Å²) in [5.41, 5.74) is 1.52. The minimum absolute atomic E-state index is 0.0391. The Hall–Kier alpha value is -1.95. The highest BCUT2D eigenvalue weighted by Crippen LogP contribution is 2.15. The number of hydrogen-bond donors (Lipinski definition) is 2. The van der Waals surface area contributed by atoms with Crippen LogP contribution in [-0.2, 0) is 0 Å². The molecular weight excluding hydrogens is 224 g/mol. The Morgan fingerprint density at radius 2 is 2.11 bits per heavy atom. The fourth-order valence-corrected chi connectivity index (χ4v) is 1.73. The molecule has 0 aliphatic heterocycles. The van der Waals surface area contributed by atoms with Gasteiger partial charge in [0.15, 0.2) is 0 Å². The molecule has 0 radical (unpaired) electrons. The minimum Gasteiger partial charge on any atom is -0.385 e. The van der Waals surface area contributed by atoms with E-state index in [1.807, 2.05) is 38.1 Å². The molecule has 18 heavy (non-hydrogen) atoms. The summed E-state index contributed by atoms with van der Waals surface area (Å²) in [6.45, 7) is 4.80. The molecular formula is C15H20N2O. The monoisotopic (exact) mass is 244 g/mol. The van der Waals surface area contributed by atoms with Gasteiger partial charge in [-0.3, -0.25) is 4.79 Å². The minimum atomic E-state index is -0.0753.